The number of pyridine rings is 1. The SMILES string of the molecule is O=C(NCCCC[C@H](NC(=O)c1ccncc1)C(=O)O)OCc1ccccc1. The van der Waals surface area contributed by atoms with E-state index in [2.05, 4.69) is 15.6 Å². The van der Waals surface area contributed by atoms with Crippen molar-refractivity contribution < 1.29 is 24.2 Å². The van der Waals surface area contributed by atoms with E-state index in [1.54, 1.807) is 0 Å². The predicted molar refractivity (Wildman–Crippen MR) is 102 cm³/mol. The van der Waals surface area contributed by atoms with Crippen molar-refractivity contribution in [2.45, 2.75) is 31.9 Å². The van der Waals surface area contributed by atoms with Crippen LogP contribution in [0, 0.1) is 0 Å². The molecule has 2 rings (SSSR count). The Hall–Kier alpha value is -3.42. The van der Waals surface area contributed by atoms with Gasteiger partial charge in [-0.25, -0.2) is 9.59 Å². The van der Waals surface area contributed by atoms with Crippen LogP contribution in [0.3, 0.4) is 0 Å². The smallest absolute Gasteiger partial charge is 0.407 e. The van der Waals surface area contributed by atoms with Gasteiger partial charge in [0.15, 0.2) is 0 Å². The van der Waals surface area contributed by atoms with E-state index in [4.69, 9.17) is 4.74 Å². The van der Waals surface area contributed by atoms with Gasteiger partial charge in [-0.15, -0.1) is 0 Å². The summed E-state index contributed by atoms with van der Waals surface area (Å²) in [7, 11) is 0. The number of carbonyl (C=O) groups is 3. The highest BCUT2D eigenvalue weighted by atomic mass is 16.5. The Balaban J connectivity index is 1.64. The van der Waals surface area contributed by atoms with Crippen LogP contribution in [0.4, 0.5) is 4.79 Å². The van der Waals surface area contributed by atoms with Crippen LogP contribution in [-0.2, 0) is 16.1 Å². The number of nitrogens with zero attached hydrogens (tertiary/aromatic N) is 1. The van der Waals surface area contributed by atoms with Crippen LogP contribution < -0.4 is 10.6 Å². The lowest BCUT2D eigenvalue weighted by molar-refractivity contribution is -0.139. The fourth-order valence-corrected chi connectivity index (χ4v) is 2.44. The van der Waals surface area contributed by atoms with Crippen LogP contribution in [-0.4, -0.2) is 40.6 Å². The zero-order chi connectivity index (χ0) is 20.2. The van der Waals surface area contributed by atoms with Gasteiger partial charge < -0.3 is 20.5 Å². The van der Waals surface area contributed by atoms with Crippen LogP contribution in [0.1, 0.15) is 35.2 Å². The molecule has 0 saturated heterocycles. The van der Waals surface area contributed by atoms with E-state index in [0.717, 1.165) is 5.56 Å². The Morgan fingerprint density at radius 3 is 2.43 bits per heavy atom. The molecule has 1 aromatic heterocycles. The Labute approximate surface area is 162 Å². The minimum atomic E-state index is -1.10. The molecule has 0 aliphatic rings. The van der Waals surface area contributed by atoms with Crippen molar-refractivity contribution in [3.8, 4) is 0 Å². The van der Waals surface area contributed by atoms with Gasteiger partial charge in [0.2, 0.25) is 0 Å². The summed E-state index contributed by atoms with van der Waals surface area (Å²) in [4.78, 5) is 38.8. The van der Waals surface area contributed by atoms with Crippen LogP contribution in [0.2, 0.25) is 0 Å². The average Bonchev–Trinajstić information content (AvgIpc) is 2.72. The zero-order valence-electron chi connectivity index (χ0n) is 15.3. The van der Waals surface area contributed by atoms with Gasteiger partial charge in [0.1, 0.15) is 12.6 Å². The second-order valence-corrected chi connectivity index (χ2v) is 6.08. The number of unbranched alkanes of at least 4 members (excludes halogenated alkanes) is 1. The summed E-state index contributed by atoms with van der Waals surface area (Å²) >= 11 is 0. The van der Waals surface area contributed by atoms with E-state index in [0.29, 0.717) is 24.9 Å². The summed E-state index contributed by atoms with van der Waals surface area (Å²) in [5.74, 6) is -1.56. The lowest BCUT2D eigenvalue weighted by Gasteiger charge is -2.14. The molecule has 0 radical (unpaired) electrons. The molecule has 148 valence electrons. The number of carboxylic acid groups (broad SMARTS) is 1. The molecule has 3 N–H and O–H groups in total. The molecule has 28 heavy (non-hydrogen) atoms. The fraction of sp³-hybridized carbons (Fsp3) is 0.300. The molecule has 1 heterocycles. The number of nitrogens with one attached hydrogen (secondary N) is 2. The van der Waals surface area contributed by atoms with E-state index < -0.39 is 24.0 Å². The number of ether oxygens (including phenoxy) is 1. The molecular formula is C20H23N3O5. The molecule has 0 bridgehead atoms. The molecule has 2 aromatic rings. The van der Waals surface area contributed by atoms with E-state index in [1.165, 1.54) is 24.5 Å². The predicted octanol–water partition coefficient (Wildman–Crippen LogP) is 2.36. The second-order valence-electron chi connectivity index (χ2n) is 6.08. The number of rotatable bonds is 10. The van der Waals surface area contributed by atoms with Gasteiger partial charge in [-0.2, -0.15) is 0 Å². The highest BCUT2D eigenvalue weighted by Gasteiger charge is 2.20. The van der Waals surface area contributed by atoms with E-state index >= 15 is 0 Å². The van der Waals surface area contributed by atoms with Crippen molar-refractivity contribution in [1.82, 2.24) is 15.6 Å². The van der Waals surface area contributed by atoms with Gasteiger partial charge in [0, 0.05) is 24.5 Å². The number of amides is 2. The first-order chi connectivity index (χ1) is 13.6. The minimum absolute atomic E-state index is 0.189. The number of hydrogen-bond acceptors (Lipinski definition) is 5. The standard InChI is InChI=1S/C20H23N3O5/c24-18(16-9-12-21-13-10-16)23-17(19(25)26)8-4-5-11-22-20(27)28-14-15-6-2-1-3-7-15/h1-3,6-7,9-10,12-13,17H,4-5,8,11,14H2,(H,22,27)(H,23,24)(H,25,26)/t17-/m0/s1. The highest BCUT2D eigenvalue weighted by molar-refractivity contribution is 5.96. The molecule has 0 saturated carbocycles. The molecule has 0 fully saturated rings. The number of hydrogen-bond donors (Lipinski definition) is 3. The molecule has 0 unspecified atom stereocenters. The molecule has 1 atom stereocenters. The summed E-state index contributed by atoms with van der Waals surface area (Å²) in [5, 5.41) is 14.4. The number of aromatic nitrogens is 1. The van der Waals surface area contributed by atoms with Crippen molar-refractivity contribution >= 4 is 18.0 Å². The number of carboxylic acids is 1. The summed E-state index contributed by atoms with van der Waals surface area (Å²) < 4.78 is 5.09. The normalized spacial score (nSPS) is 11.3. The van der Waals surface area contributed by atoms with Gasteiger partial charge in [-0.1, -0.05) is 30.3 Å². The van der Waals surface area contributed by atoms with Crippen LogP contribution >= 0.6 is 0 Å². The Morgan fingerprint density at radius 2 is 1.75 bits per heavy atom. The largest absolute Gasteiger partial charge is 0.480 e. The van der Waals surface area contributed by atoms with Crippen molar-refractivity contribution in [2.24, 2.45) is 0 Å². The molecule has 0 aliphatic carbocycles. The number of carbonyl (C=O) groups excluding carboxylic acids is 2. The van der Waals surface area contributed by atoms with Crippen molar-refractivity contribution in [3.63, 3.8) is 0 Å². The molecular weight excluding hydrogens is 362 g/mol. The first-order valence-electron chi connectivity index (χ1n) is 8.94. The molecule has 2 amide bonds. The maximum Gasteiger partial charge on any atom is 0.407 e. The minimum Gasteiger partial charge on any atom is -0.480 e. The Bertz CT molecular complexity index is 768. The van der Waals surface area contributed by atoms with E-state index in [9.17, 15) is 19.5 Å². The van der Waals surface area contributed by atoms with Crippen molar-refractivity contribution in [3.05, 3.63) is 66.0 Å². The summed E-state index contributed by atoms with van der Waals surface area (Å²) in [5.41, 5.74) is 1.25. The molecule has 0 spiro atoms. The monoisotopic (exact) mass is 385 g/mol. The number of benzene rings is 1. The summed E-state index contributed by atoms with van der Waals surface area (Å²) in [6.07, 6.45) is 3.75. The quantitative estimate of drug-likeness (QED) is 0.541. The first kappa shape index (κ1) is 20.9. The highest BCUT2D eigenvalue weighted by Crippen LogP contribution is 2.04. The third kappa shape index (κ3) is 7.45. The Kier molecular flexibility index (Phi) is 8.45. The average molecular weight is 385 g/mol. The molecule has 8 nitrogen and oxygen atoms in total. The summed E-state index contributed by atoms with van der Waals surface area (Å²) in [6.45, 7) is 0.549. The third-order valence-corrected chi connectivity index (χ3v) is 3.95. The summed E-state index contributed by atoms with van der Waals surface area (Å²) in [6, 6.07) is 11.4. The third-order valence-electron chi connectivity index (χ3n) is 3.95. The van der Waals surface area contributed by atoms with Gasteiger partial charge >= 0.3 is 12.1 Å². The molecule has 8 heteroatoms. The van der Waals surface area contributed by atoms with Gasteiger partial charge in [0.25, 0.3) is 5.91 Å². The van der Waals surface area contributed by atoms with Crippen molar-refractivity contribution in [1.29, 1.82) is 0 Å². The maximum atomic E-state index is 12.1. The van der Waals surface area contributed by atoms with Crippen LogP contribution in [0.5, 0.6) is 0 Å². The number of alkyl carbamates (subject to hydrolysis) is 1. The number of aliphatic carboxylic acids is 1. The van der Waals surface area contributed by atoms with Crippen molar-refractivity contribution in [2.75, 3.05) is 6.54 Å². The molecule has 1 aromatic carbocycles. The van der Waals surface area contributed by atoms with Crippen LogP contribution in [0.15, 0.2) is 54.9 Å². The zero-order valence-corrected chi connectivity index (χ0v) is 15.3. The topological polar surface area (TPSA) is 118 Å². The second kappa shape index (κ2) is 11.3. The lowest BCUT2D eigenvalue weighted by atomic mass is 10.1. The fourth-order valence-electron chi connectivity index (χ4n) is 2.44. The van der Waals surface area contributed by atoms with E-state index in [1.807, 2.05) is 30.3 Å². The first-order valence-corrected chi connectivity index (χ1v) is 8.94. The van der Waals surface area contributed by atoms with Crippen LogP contribution in [0.25, 0.3) is 0 Å². The van der Waals surface area contributed by atoms with Gasteiger partial charge in [-0.3, -0.25) is 9.78 Å². The lowest BCUT2D eigenvalue weighted by Crippen LogP contribution is -2.40. The molecule has 0 aliphatic heterocycles. The maximum absolute atomic E-state index is 12.1. The van der Waals surface area contributed by atoms with E-state index in [-0.39, 0.29) is 13.0 Å². The van der Waals surface area contributed by atoms with Gasteiger partial charge in [-0.05, 0) is 37.0 Å². The van der Waals surface area contributed by atoms with Gasteiger partial charge in [0.05, 0.1) is 0 Å². The Morgan fingerprint density at radius 1 is 1.04 bits per heavy atom.